The predicted molar refractivity (Wildman–Crippen MR) is 77.9 cm³/mol. The fourth-order valence-corrected chi connectivity index (χ4v) is 2.21. The van der Waals surface area contributed by atoms with Crippen molar-refractivity contribution < 1.29 is 9.53 Å². The van der Waals surface area contributed by atoms with Gasteiger partial charge in [0.1, 0.15) is 6.29 Å². The van der Waals surface area contributed by atoms with Crippen LogP contribution in [0.2, 0.25) is 5.02 Å². The fraction of sp³-hybridized carbons (Fsp3) is 0.188. The smallest absolute Gasteiger partial charge is 0.150 e. The summed E-state index contributed by atoms with van der Waals surface area (Å²) in [5.41, 5.74) is 3.80. The van der Waals surface area contributed by atoms with Crippen molar-refractivity contribution in [2.24, 2.45) is 0 Å². The van der Waals surface area contributed by atoms with Crippen LogP contribution in [-0.2, 0) is 11.2 Å². The second-order valence-corrected chi connectivity index (χ2v) is 4.70. The van der Waals surface area contributed by atoms with Crippen LogP contribution in [0.15, 0.2) is 42.5 Å². The highest BCUT2D eigenvalue weighted by atomic mass is 35.5. The van der Waals surface area contributed by atoms with Crippen molar-refractivity contribution in [3.05, 3.63) is 58.6 Å². The molecule has 0 aliphatic carbocycles. The lowest BCUT2D eigenvalue weighted by Crippen LogP contribution is -1.94. The van der Waals surface area contributed by atoms with Gasteiger partial charge >= 0.3 is 0 Å². The van der Waals surface area contributed by atoms with Crippen LogP contribution in [0.25, 0.3) is 11.1 Å². The molecule has 0 N–H and O–H groups in total. The van der Waals surface area contributed by atoms with Gasteiger partial charge in [0.25, 0.3) is 0 Å². The molecule has 3 heteroatoms. The molecule has 0 aliphatic rings. The maximum Gasteiger partial charge on any atom is 0.150 e. The molecular weight excluding hydrogens is 260 g/mol. The highest BCUT2D eigenvalue weighted by molar-refractivity contribution is 6.33. The molecule has 0 heterocycles. The molecule has 2 aromatic carbocycles. The van der Waals surface area contributed by atoms with Crippen LogP contribution in [-0.4, -0.2) is 20.0 Å². The number of methoxy groups -OCH3 is 1. The van der Waals surface area contributed by atoms with Gasteiger partial charge in [0, 0.05) is 23.3 Å². The van der Waals surface area contributed by atoms with E-state index in [-0.39, 0.29) is 0 Å². The summed E-state index contributed by atoms with van der Waals surface area (Å²) in [6, 6.07) is 13.5. The predicted octanol–water partition coefficient (Wildman–Crippen LogP) is 4.01. The van der Waals surface area contributed by atoms with Crippen LogP contribution in [0.5, 0.6) is 0 Å². The standard InChI is InChI=1S/C16H15ClO2/c1-19-9-8-12-2-5-14(6-3-12)15-7-4-13(11-18)10-16(15)17/h2-7,10-11H,8-9H2,1H3. The van der Waals surface area contributed by atoms with Crippen molar-refractivity contribution in [1.82, 2.24) is 0 Å². The van der Waals surface area contributed by atoms with Gasteiger partial charge in [-0.2, -0.15) is 0 Å². The summed E-state index contributed by atoms with van der Waals surface area (Å²) in [5.74, 6) is 0. The molecule has 0 aromatic heterocycles. The van der Waals surface area contributed by atoms with Crippen molar-refractivity contribution >= 4 is 17.9 Å². The average Bonchev–Trinajstić information content (AvgIpc) is 2.45. The first kappa shape index (κ1) is 13.8. The third kappa shape index (κ3) is 3.43. The van der Waals surface area contributed by atoms with Crippen molar-refractivity contribution in [2.75, 3.05) is 13.7 Å². The molecule has 0 spiro atoms. The average molecular weight is 275 g/mol. The van der Waals surface area contributed by atoms with Gasteiger partial charge in [-0.1, -0.05) is 48.0 Å². The van der Waals surface area contributed by atoms with E-state index in [1.165, 1.54) is 5.56 Å². The van der Waals surface area contributed by atoms with Crippen LogP contribution >= 0.6 is 11.6 Å². The van der Waals surface area contributed by atoms with Gasteiger partial charge in [-0.15, -0.1) is 0 Å². The maximum atomic E-state index is 10.7. The van der Waals surface area contributed by atoms with Crippen LogP contribution in [0.4, 0.5) is 0 Å². The lowest BCUT2D eigenvalue weighted by molar-refractivity contribution is 0.112. The number of hydrogen-bond acceptors (Lipinski definition) is 2. The van der Waals surface area contributed by atoms with E-state index in [9.17, 15) is 4.79 Å². The Balaban J connectivity index is 2.24. The summed E-state index contributed by atoms with van der Waals surface area (Å²) < 4.78 is 5.05. The van der Waals surface area contributed by atoms with Gasteiger partial charge in [-0.3, -0.25) is 4.79 Å². The maximum absolute atomic E-state index is 10.7. The van der Waals surface area contributed by atoms with Gasteiger partial charge in [-0.05, 0) is 23.6 Å². The number of carbonyl (C=O) groups is 1. The third-order valence-corrected chi connectivity index (χ3v) is 3.30. The number of carbonyl (C=O) groups excluding carboxylic acids is 1. The molecule has 19 heavy (non-hydrogen) atoms. The summed E-state index contributed by atoms with van der Waals surface area (Å²) in [5, 5.41) is 0.592. The Bertz CT molecular complexity index is 561. The molecule has 0 unspecified atom stereocenters. The first-order chi connectivity index (χ1) is 9.24. The lowest BCUT2D eigenvalue weighted by atomic mass is 10.0. The molecule has 2 nitrogen and oxygen atoms in total. The van der Waals surface area contributed by atoms with E-state index in [2.05, 4.69) is 12.1 Å². The number of rotatable bonds is 5. The summed E-state index contributed by atoms with van der Waals surface area (Å²) in [7, 11) is 1.70. The van der Waals surface area contributed by atoms with Crippen molar-refractivity contribution in [3.63, 3.8) is 0 Å². The summed E-state index contributed by atoms with van der Waals surface area (Å²) in [6.07, 6.45) is 1.69. The van der Waals surface area contributed by atoms with Crippen LogP contribution in [0, 0.1) is 0 Å². The van der Waals surface area contributed by atoms with Gasteiger partial charge in [0.2, 0.25) is 0 Å². The van der Waals surface area contributed by atoms with Crippen LogP contribution in [0.3, 0.4) is 0 Å². The monoisotopic (exact) mass is 274 g/mol. The zero-order valence-electron chi connectivity index (χ0n) is 10.7. The minimum Gasteiger partial charge on any atom is -0.384 e. The molecule has 0 bridgehead atoms. The first-order valence-electron chi connectivity index (χ1n) is 6.07. The second-order valence-electron chi connectivity index (χ2n) is 4.30. The number of benzene rings is 2. The Kier molecular flexibility index (Phi) is 4.72. The van der Waals surface area contributed by atoms with Gasteiger partial charge in [-0.25, -0.2) is 0 Å². The molecule has 0 saturated heterocycles. The molecule has 0 amide bonds. The quantitative estimate of drug-likeness (QED) is 0.770. The van der Waals surface area contributed by atoms with E-state index in [0.29, 0.717) is 17.2 Å². The fourth-order valence-electron chi connectivity index (χ4n) is 1.91. The topological polar surface area (TPSA) is 26.3 Å². The van der Waals surface area contributed by atoms with Gasteiger partial charge in [0.15, 0.2) is 0 Å². The Labute approximate surface area is 118 Å². The molecule has 2 rings (SSSR count). The molecule has 0 aliphatic heterocycles. The highest BCUT2D eigenvalue weighted by Crippen LogP contribution is 2.28. The van der Waals surface area contributed by atoms with E-state index >= 15 is 0 Å². The third-order valence-electron chi connectivity index (χ3n) is 2.99. The van der Waals surface area contributed by atoms with Crippen LogP contribution < -0.4 is 0 Å². The molecule has 0 saturated carbocycles. The minimum absolute atomic E-state index is 0.588. The second kappa shape index (κ2) is 6.50. The molecule has 0 fully saturated rings. The Hall–Kier alpha value is -1.64. The molecular formula is C16H15ClO2. The number of halogens is 1. The zero-order valence-corrected chi connectivity index (χ0v) is 11.5. The van der Waals surface area contributed by atoms with Crippen molar-refractivity contribution in [2.45, 2.75) is 6.42 Å². The summed E-state index contributed by atoms with van der Waals surface area (Å²) in [6.45, 7) is 0.716. The zero-order chi connectivity index (χ0) is 13.7. The van der Waals surface area contributed by atoms with Gasteiger partial charge in [0.05, 0.1) is 6.61 Å². The van der Waals surface area contributed by atoms with E-state index in [0.717, 1.165) is 23.8 Å². The van der Waals surface area contributed by atoms with Crippen molar-refractivity contribution in [1.29, 1.82) is 0 Å². The molecule has 98 valence electrons. The molecule has 0 radical (unpaired) electrons. The van der Waals surface area contributed by atoms with Crippen LogP contribution in [0.1, 0.15) is 15.9 Å². The first-order valence-corrected chi connectivity index (χ1v) is 6.45. The van der Waals surface area contributed by atoms with E-state index in [1.54, 1.807) is 19.2 Å². The normalized spacial score (nSPS) is 10.4. The van der Waals surface area contributed by atoms with E-state index in [4.69, 9.17) is 16.3 Å². The van der Waals surface area contributed by atoms with Gasteiger partial charge < -0.3 is 4.74 Å². The Morgan fingerprint density at radius 1 is 1.16 bits per heavy atom. The van der Waals surface area contributed by atoms with E-state index in [1.807, 2.05) is 18.2 Å². The Morgan fingerprint density at radius 2 is 1.89 bits per heavy atom. The summed E-state index contributed by atoms with van der Waals surface area (Å²) >= 11 is 6.19. The number of ether oxygens (including phenoxy) is 1. The summed E-state index contributed by atoms with van der Waals surface area (Å²) in [4.78, 5) is 10.7. The minimum atomic E-state index is 0.588. The van der Waals surface area contributed by atoms with Crippen molar-refractivity contribution in [3.8, 4) is 11.1 Å². The lowest BCUT2D eigenvalue weighted by Gasteiger charge is -2.07. The number of hydrogen-bond donors (Lipinski definition) is 0. The number of aldehydes is 1. The molecule has 0 atom stereocenters. The Morgan fingerprint density at radius 3 is 2.47 bits per heavy atom. The SMILES string of the molecule is COCCc1ccc(-c2ccc(C=O)cc2Cl)cc1. The largest absolute Gasteiger partial charge is 0.384 e. The highest BCUT2D eigenvalue weighted by Gasteiger charge is 2.04. The van der Waals surface area contributed by atoms with E-state index < -0.39 is 0 Å². The molecule has 2 aromatic rings.